The quantitative estimate of drug-likeness (QED) is 0.197. The highest BCUT2D eigenvalue weighted by molar-refractivity contribution is 9.10. The molecular weight excluding hydrogens is 490 g/mol. The van der Waals surface area contributed by atoms with Crippen LogP contribution in [0.1, 0.15) is 0 Å². The van der Waals surface area contributed by atoms with E-state index < -0.39 is 0 Å². The Hall–Kier alpha value is -2.17. The standard InChI is InChI=1S/C24H21B7BrNS/c25-15-13-14-16(26)22(32)19(29)21(31)24(14)33(23(13)20(30)18(28)17(15)27)9-5-3-7-11-12(9)8-4-1-2-6-10(8)34-11/h1-7H,25-31H2. The third-order valence-corrected chi connectivity index (χ3v) is 10.5. The summed E-state index contributed by atoms with van der Waals surface area (Å²) in [6.07, 6.45) is 0. The predicted octanol–water partition coefficient (Wildman–Crippen LogP) is -4.28. The van der Waals surface area contributed by atoms with Gasteiger partial charge in [-0.15, -0.1) is 16.8 Å². The Morgan fingerprint density at radius 2 is 1.15 bits per heavy atom. The van der Waals surface area contributed by atoms with Gasteiger partial charge in [-0.25, -0.2) is 0 Å². The van der Waals surface area contributed by atoms with Crippen LogP contribution in [-0.2, 0) is 0 Å². The maximum Gasteiger partial charge on any atom is 0.141 e. The van der Waals surface area contributed by atoms with Gasteiger partial charge >= 0.3 is 0 Å². The molecule has 6 rings (SSSR count). The van der Waals surface area contributed by atoms with E-state index in [9.17, 15) is 0 Å². The molecule has 0 radical (unpaired) electrons. The van der Waals surface area contributed by atoms with Gasteiger partial charge in [-0.1, -0.05) is 73.0 Å². The molecule has 0 saturated heterocycles. The van der Waals surface area contributed by atoms with Crippen molar-refractivity contribution in [3.63, 3.8) is 0 Å². The molecule has 0 amide bonds. The van der Waals surface area contributed by atoms with Crippen LogP contribution < -0.4 is 38.2 Å². The largest absolute Gasteiger partial charge is 0.310 e. The summed E-state index contributed by atoms with van der Waals surface area (Å²) in [6.45, 7) is 0. The van der Waals surface area contributed by atoms with Crippen molar-refractivity contribution in [2.45, 2.75) is 0 Å². The molecule has 2 aromatic heterocycles. The minimum atomic E-state index is 1.23. The smallest absolute Gasteiger partial charge is 0.141 e. The van der Waals surface area contributed by atoms with Crippen LogP contribution in [0, 0.1) is 0 Å². The molecule has 0 fully saturated rings. The topological polar surface area (TPSA) is 4.93 Å². The average molecular weight is 511 g/mol. The first-order chi connectivity index (χ1) is 16.2. The first-order valence-electron chi connectivity index (χ1n) is 11.8. The van der Waals surface area contributed by atoms with E-state index in [4.69, 9.17) is 0 Å². The number of aromatic nitrogens is 1. The first kappa shape index (κ1) is 22.3. The lowest BCUT2D eigenvalue weighted by atomic mass is 9.65. The van der Waals surface area contributed by atoms with Gasteiger partial charge in [0.15, 0.2) is 0 Å². The van der Waals surface area contributed by atoms with Crippen LogP contribution in [0.15, 0.2) is 46.9 Å². The molecule has 0 saturated carbocycles. The fourth-order valence-corrected chi connectivity index (χ4v) is 7.48. The highest BCUT2D eigenvalue weighted by atomic mass is 79.9. The van der Waals surface area contributed by atoms with E-state index in [1.165, 1.54) is 90.4 Å². The molecule has 0 aliphatic rings. The van der Waals surface area contributed by atoms with Crippen LogP contribution in [0.3, 0.4) is 0 Å². The van der Waals surface area contributed by atoms with Crippen molar-refractivity contribution >= 4 is 162 Å². The van der Waals surface area contributed by atoms with Gasteiger partial charge in [-0.05, 0) is 23.6 Å². The molecule has 0 spiro atoms. The van der Waals surface area contributed by atoms with Crippen LogP contribution in [-0.4, -0.2) is 59.5 Å². The lowest BCUT2D eigenvalue weighted by Gasteiger charge is -2.17. The summed E-state index contributed by atoms with van der Waals surface area (Å²) < 4.78 is 6.50. The van der Waals surface area contributed by atoms with Gasteiger partial charge in [0.05, 0.1) is 5.69 Å². The summed E-state index contributed by atoms with van der Waals surface area (Å²) in [5, 5.41) is 5.47. The van der Waals surface area contributed by atoms with Crippen LogP contribution in [0.4, 0.5) is 0 Å². The van der Waals surface area contributed by atoms with E-state index >= 15 is 0 Å². The second-order valence-electron chi connectivity index (χ2n) is 9.72. The van der Waals surface area contributed by atoms with E-state index in [0.29, 0.717) is 0 Å². The minimum Gasteiger partial charge on any atom is -0.310 e. The molecule has 6 aromatic rings. The van der Waals surface area contributed by atoms with Crippen molar-refractivity contribution < 1.29 is 0 Å². The normalized spacial score (nSPS) is 11.9. The Kier molecular flexibility index (Phi) is 5.03. The van der Waals surface area contributed by atoms with Crippen LogP contribution in [0.5, 0.6) is 0 Å². The number of hydrogen-bond donors (Lipinski definition) is 0. The number of rotatable bonds is 1. The predicted molar refractivity (Wildman–Crippen MR) is 179 cm³/mol. The molecule has 0 aliphatic carbocycles. The average Bonchev–Trinajstić information content (AvgIpc) is 3.40. The molecular formula is C24H21B7BrNS. The molecule has 34 heavy (non-hydrogen) atoms. The van der Waals surface area contributed by atoms with Crippen molar-refractivity contribution in [2.24, 2.45) is 0 Å². The number of nitrogens with zero attached hydrogens (tertiary/aromatic N) is 1. The third-order valence-electron chi connectivity index (χ3n) is 8.16. The maximum absolute atomic E-state index is 3.94. The van der Waals surface area contributed by atoms with Crippen LogP contribution in [0.25, 0.3) is 47.7 Å². The summed E-state index contributed by atoms with van der Waals surface area (Å²) in [5.74, 6) is 0. The van der Waals surface area contributed by atoms with E-state index in [1.54, 1.807) is 0 Å². The number of halogens is 1. The zero-order valence-corrected chi connectivity index (χ0v) is 23.2. The highest BCUT2D eigenvalue weighted by Gasteiger charge is 2.24. The molecule has 0 atom stereocenters. The van der Waals surface area contributed by atoms with Crippen molar-refractivity contribution in [1.29, 1.82) is 0 Å². The third kappa shape index (κ3) is 2.76. The highest BCUT2D eigenvalue weighted by Crippen LogP contribution is 2.39. The second-order valence-corrected chi connectivity index (χ2v) is 11.6. The monoisotopic (exact) mass is 511 g/mol. The minimum absolute atomic E-state index is 1.23. The zero-order valence-electron chi connectivity index (χ0n) is 20.8. The fourth-order valence-electron chi connectivity index (χ4n) is 5.86. The van der Waals surface area contributed by atoms with E-state index in [2.05, 4.69) is 118 Å². The zero-order chi connectivity index (χ0) is 24.0. The molecule has 10 heteroatoms. The van der Waals surface area contributed by atoms with E-state index in [-0.39, 0.29) is 0 Å². The van der Waals surface area contributed by atoms with Gasteiger partial charge in [0.25, 0.3) is 0 Å². The number of hydrogen-bond acceptors (Lipinski definition) is 1. The van der Waals surface area contributed by atoms with E-state index in [0.717, 1.165) is 0 Å². The number of fused-ring (bicyclic) bond motifs is 6. The summed E-state index contributed by atoms with van der Waals surface area (Å²) in [4.78, 5) is 0. The Balaban J connectivity index is 1.99. The van der Waals surface area contributed by atoms with Gasteiger partial charge < -0.3 is 4.57 Å². The fraction of sp³-hybridized carbons (Fsp3) is 0. The summed E-state index contributed by atoms with van der Waals surface area (Å²) in [7, 11) is 16.0. The lowest BCUT2D eigenvalue weighted by Crippen LogP contribution is -2.48. The maximum atomic E-state index is 3.94. The van der Waals surface area contributed by atoms with Gasteiger partial charge in [-0.3, -0.25) is 0 Å². The van der Waals surface area contributed by atoms with Crippen LogP contribution >= 0.6 is 27.3 Å². The Morgan fingerprint density at radius 3 is 1.88 bits per heavy atom. The molecule has 2 heterocycles. The SMILES string of the molecule is Bc1c(B)c(B)c2c(c1B)c1c(B)c(Br)c(B)c(B)c1n2-c1cccc2sc3ccccc3c12. The number of thiophene rings is 1. The molecule has 4 aromatic carbocycles. The molecule has 156 valence electrons. The van der Waals surface area contributed by atoms with Gasteiger partial charge in [0, 0.05) is 41.1 Å². The van der Waals surface area contributed by atoms with Crippen LogP contribution in [0.2, 0.25) is 0 Å². The summed E-state index contributed by atoms with van der Waals surface area (Å²) >= 11 is 5.83. The molecule has 1 nitrogen and oxygen atoms in total. The summed E-state index contributed by atoms with van der Waals surface area (Å²) in [6, 6.07) is 15.6. The lowest BCUT2D eigenvalue weighted by molar-refractivity contribution is 1.21. The molecule has 0 unspecified atom stereocenters. The van der Waals surface area contributed by atoms with Gasteiger partial charge in [0.1, 0.15) is 54.9 Å². The Morgan fingerprint density at radius 1 is 0.559 bits per heavy atom. The van der Waals surface area contributed by atoms with Crippen molar-refractivity contribution in [2.75, 3.05) is 0 Å². The van der Waals surface area contributed by atoms with Crippen molar-refractivity contribution in [3.05, 3.63) is 46.9 Å². The Labute approximate surface area is 218 Å². The number of benzene rings is 4. The molecule has 0 N–H and O–H groups in total. The second kappa shape index (κ2) is 7.67. The van der Waals surface area contributed by atoms with E-state index in [1.807, 2.05) is 11.3 Å². The van der Waals surface area contributed by atoms with Crippen molar-refractivity contribution in [1.82, 2.24) is 4.57 Å². The summed E-state index contributed by atoms with van der Waals surface area (Å²) in [5.41, 5.74) is 13.5. The molecule has 0 bridgehead atoms. The van der Waals surface area contributed by atoms with Gasteiger partial charge in [0.2, 0.25) is 0 Å². The van der Waals surface area contributed by atoms with Crippen molar-refractivity contribution in [3.8, 4) is 5.69 Å². The Bertz CT molecular complexity index is 1780. The van der Waals surface area contributed by atoms with Gasteiger partial charge in [-0.2, -0.15) is 0 Å². The first-order valence-corrected chi connectivity index (χ1v) is 13.4. The molecule has 0 aliphatic heterocycles.